The molecule has 0 aliphatic carbocycles. The zero-order valence-electron chi connectivity index (χ0n) is 13.9. The van der Waals surface area contributed by atoms with Gasteiger partial charge < -0.3 is 0 Å². The van der Waals surface area contributed by atoms with E-state index < -0.39 is 15.3 Å². The summed E-state index contributed by atoms with van der Waals surface area (Å²) < 4.78 is 29.4. The van der Waals surface area contributed by atoms with Gasteiger partial charge in [-0.25, -0.2) is 0 Å². The maximum Gasteiger partial charge on any atom is 0.294 e. The summed E-state index contributed by atoms with van der Waals surface area (Å²) in [7, 11) is -3.88. The highest BCUT2D eigenvalue weighted by Gasteiger charge is 2.41. The SMILES string of the molecule is O=C1C(c2ccccc2)S/C(=N\S(=O)(=O)c2cccs2)N1c1ccccc1. The Hall–Kier alpha value is -2.42. The van der Waals surface area contributed by atoms with Crippen LogP contribution in [0.5, 0.6) is 0 Å². The quantitative estimate of drug-likeness (QED) is 0.638. The second-order valence-electron chi connectivity index (χ2n) is 5.70. The number of sulfonamides is 1. The summed E-state index contributed by atoms with van der Waals surface area (Å²) in [5.41, 5.74) is 1.40. The highest BCUT2D eigenvalue weighted by molar-refractivity contribution is 8.16. The van der Waals surface area contributed by atoms with Crippen LogP contribution in [0.4, 0.5) is 5.69 Å². The molecule has 1 aliphatic rings. The van der Waals surface area contributed by atoms with Gasteiger partial charge in [0.25, 0.3) is 15.9 Å². The van der Waals surface area contributed by atoms with Gasteiger partial charge in [0, 0.05) is 0 Å². The summed E-state index contributed by atoms with van der Waals surface area (Å²) in [6, 6.07) is 21.4. The molecule has 136 valence electrons. The zero-order valence-corrected chi connectivity index (χ0v) is 16.4. The topological polar surface area (TPSA) is 66.8 Å². The van der Waals surface area contributed by atoms with Gasteiger partial charge >= 0.3 is 0 Å². The summed E-state index contributed by atoms with van der Waals surface area (Å²) >= 11 is 2.25. The van der Waals surface area contributed by atoms with Crippen molar-refractivity contribution in [2.24, 2.45) is 4.40 Å². The highest BCUT2D eigenvalue weighted by Crippen LogP contribution is 2.42. The van der Waals surface area contributed by atoms with Crippen LogP contribution < -0.4 is 4.90 Å². The van der Waals surface area contributed by atoms with Crippen molar-refractivity contribution in [3.63, 3.8) is 0 Å². The number of thioether (sulfide) groups is 1. The van der Waals surface area contributed by atoms with E-state index in [4.69, 9.17) is 0 Å². The third kappa shape index (κ3) is 3.55. The van der Waals surface area contributed by atoms with E-state index in [9.17, 15) is 13.2 Å². The van der Waals surface area contributed by atoms with Crippen LogP contribution in [0.15, 0.2) is 86.8 Å². The van der Waals surface area contributed by atoms with E-state index in [0.29, 0.717) is 5.69 Å². The summed E-state index contributed by atoms with van der Waals surface area (Å²) in [6.45, 7) is 0. The Morgan fingerprint density at radius 1 is 0.889 bits per heavy atom. The number of amides is 1. The minimum absolute atomic E-state index is 0.152. The van der Waals surface area contributed by atoms with E-state index in [0.717, 1.165) is 28.7 Å². The molecule has 2 heterocycles. The predicted octanol–water partition coefficient (Wildman–Crippen LogP) is 4.31. The Morgan fingerprint density at radius 2 is 1.56 bits per heavy atom. The van der Waals surface area contributed by atoms with Crippen LogP contribution in [0.3, 0.4) is 0 Å². The van der Waals surface area contributed by atoms with Crippen molar-refractivity contribution in [3.05, 3.63) is 83.7 Å². The van der Waals surface area contributed by atoms with Gasteiger partial charge in [-0.2, -0.15) is 8.42 Å². The van der Waals surface area contributed by atoms with E-state index in [-0.39, 0.29) is 15.3 Å². The normalized spacial score (nSPS) is 19.0. The summed E-state index contributed by atoms with van der Waals surface area (Å²) in [6.07, 6.45) is 0. The number of carbonyl (C=O) groups excluding carboxylic acids is 1. The molecule has 0 spiro atoms. The fourth-order valence-corrected chi connectivity index (χ4v) is 6.01. The number of amidine groups is 1. The zero-order chi connectivity index (χ0) is 18.9. The second-order valence-corrected chi connectivity index (χ2v) is 9.55. The largest absolute Gasteiger partial charge is 0.294 e. The van der Waals surface area contributed by atoms with Gasteiger partial charge in [0.1, 0.15) is 9.46 Å². The van der Waals surface area contributed by atoms with Gasteiger partial charge in [-0.05, 0) is 29.1 Å². The van der Waals surface area contributed by atoms with Gasteiger partial charge in [0.15, 0.2) is 5.17 Å². The first kappa shape index (κ1) is 18.0. The van der Waals surface area contributed by atoms with Crippen LogP contribution in [-0.2, 0) is 14.8 Å². The first-order chi connectivity index (χ1) is 13.1. The maximum atomic E-state index is 13.1. The predicted molar refractivity (Wildman–Crippen MR) is 110 cm³/mol. The molecule has 8 heteroatoms. The van der Waals surface area contributed by atoms with Gasteiger partial charge in [-0.1, -0.05) is 66.4 Å². The number of hydrogen-bond donors (Lipinski definition) is 0. The number of nitrogens with zero attached hydrogens (tertiary/aromatic N) is 2. The molecule has 1 atom stereocenters. The monoisotopic (exact) mass is 414 g/mol. The molecule has 3 aromatic rings. The van der Waals surface area contributed by atoms with Crippen molar-refractivity contribution >= 4 is 49.9 Å². The van der Waals surface area contributed by atoms with Crippen molar-refractivity contribution in [3.8, 4) is 0 Å². The van der Waals surface area contributed by atoms with E-state index in [1.165, 1.54) is 11.0 Å². The van der Waals surface area contributed by atoms with Crippen molar-refractivity contribution in [2.45, 2.75) is 9.46 Å². The van der Waals surface area contributed by atoms with Gasteiger partial charge in [0.2, 0.25) is 0 Å². The molecule has 27 heavy (non-hydrogen) atoms. The molecule has 0 bridgehead atoms. The Balaban J connectivity index is 1.80. The summed E-state index contributed by atoms with van der Waals surface area (Å²) in [5, 5.41) is 1.30. The number of carbonyl (C=O) groups is 1. The minimum Gasteiger partial charge on any atom is -0.272 e. The first-order valence-electron chi connectivity index (χ1n) is 8.05. The molecule has 1 saturated heterocycles. The Kier molecular flexibility index (Phi) is 4.86. The average molecular weight is 415 g/mol. The van der Waals surface area contributed by atoms with Crippen molar-refractivity contribution in [1.29, 1.82) is 0 Å². The smallest absolute Gasteiger partial charge is 0.272 e. The summed E-state index contributed by atoms with van der Waals surface area (Å²) in [5.74, 6) is -0.211. The molecule has 1 amide bonds. The average Bonchev–Trinajstić information content (AvgIpc) is 3.32. The van der Waals surface area contributed by atoms with E-state index >= 15 is 0 Å². The minimum atomic E-state index is -3.88. The van der Waals surface area contributed by atoms with Crippen molar-refractivity contribution in [1.82, 2.24) is 0 Å². The van der Waals surface area contributed by atoms with Crippen LogP contribution in [0, 0.1) is 0 Å². The molecule has 0 radical (unpaired) electrons. The molecule has 5 nitrogen and oxygen atoms in total. The van der Waals surface area contributed by atoms with Crippen LogP contribution in [0.1, 0.15) is 10.8 Å². The number of hydrogen-bond acceptors (Lipinski definition) is 5. The number of anilines is 1. The van der Waals surface area contributed by atoms with Crippen LogP contribution in [0.2, 0.25) is 0 Å². The fourth-order valence-electron chi connectivity index (χ4n) is 2.69. The standard InChI is InChI=1S/C19H14N2O3S3/c22-18-17(14-8-3-1-4-9-14)26-19(21(18)15-10-5-2-6-11-15)20-27(23,24)16-12-7-13-25-16/h1-13,17H/b20-19-. The molecular formula is C19H14N2O3S3. The third-order valence-electron chi connectivity index (χ3n) is 3.92. The van der Waals surface area contributed by atoms with Gasteiger partial charge in [-0.15, -0.1) is 15.7 Å². The van der Waals surface area contributed by atoms with Crippen LogP contribution >= 0.6 is 23.1 Å². The van der Waals surface area contributed by atoms with Gasteiger partial charge in [0.05, 0.1) is 5.69 Å². The second kappa shape index (κ2) is 7.30. The molecule has 1 aromatic heterocycles. The van der Waals surface area contributed by atoms with E-state index in [1.54, 1.807) is 35.7 Å². The number of benzene rings is 2. The number of thiophene rings is 1. The lowest BCUT2D eigenvalue weighted by Crippen LogP contribution is -2.30. The van der Waals surface area contributed by atoms with E-state index in [2.05, 4.69) is 4.40 Å². The summed E-state index contributed by atoms with van der Waals surface area (Å²) in [4.78, 5) is 14.5. The van der Waals surface area contributed by atoms with Gasteiger partial charge in [-0.3, -0.25) is 9.69 Å². The van der Waals surface area contributed by atoms with Crippen LogP contribution in [0.25, 0.3) is 0 Å². The molecular weight excluding hydrogens is 400 g/mol. The molecule has 1 aliphatic heterocycles. The lowest BCUT2D eigenvalue weighted by Gasteiger charge is -2.16. The third-order valence-corrected chi connectivity index (χ3v) is 7.87. The Labute approximate surface area is 165 Å². The molecule has 0 saturated carbocycles. The Morgan fingerprint density at radius 3 is 2.19 bits per heavy atom. The Bertz CT molecular complexity index is 1080. The molecule has 1 fully saturated rings. The number of para-hydroxylation sites is 1. The first-order valence-corrected chi connectivity index (χ1v) is 11.3. The molecule has 0 N–H and O–H groups in total. The van der Waals surface area contributed by atoms with Crippen molar-refractivity contribution in [2.75, 3.05) is 4.90 Å². The number of rotatable bonds is 4. The lowest BCUT2D eigenvalue weighted by molar-refractivity contribution is -0.117. The molecule has 1 unspecified atom stereocenters. The maximum absolute atomic E-state index is 13.1. The molecule has 2 aromatic carbocycles. The molecule has 4 rings (SSSR count). The fraction of sp³-hybridized carbons (Fsp3) is 0.0526. The van der Waals surface area contributed by atoms with Crippen molar-refractivity contribution < 1.29 is 13.2 Å². The van der Waals surface area contributed by atoms with Crippen LogP contribution in [-0.4, -0.2) is 19.5 Å². The van der Waals surface area contributed by atoms with E-state index in [1.807, 2.05) is 36.4 Å². The highest BCUT2D eigenvalue weighted by atomic mass is 32.2. The lowest BCUT2D eigenvalue weighted by atomic mass is 10.1.